The zero-order chi connectivity index (χ0) is 13.6. The van der Waals surface area contributed by atoms with Crippen molar-refractivity contribution in [1.82, 2.24) is 0 Å². The van der Waals surface area contributed by atoms with Crippen LogP contribution < -0.4 is 0 Å². The molecule has 2 nitrogen and oxygen atoms in total. The molecule has 0 amide bonds. The Morgan fingerprint density at radius 2 is 1.83 bits per heavy atom. The molecule has 0 saturated carbocycles. The smallest absolute Gasteiger partial charge is 0.418 e. The number of esters is 1. The fourth-order valence-corrected chi connectivity index (χ4v) is 1.52. The Morgan fingerprint density at radius 1 is 1.22 bits per heavy atom. The predicted molar refractivity (Wildman–Crippen MR) is 61.2 cm³/mol. The topological polar surface area (TPSA) is 20.5 Å². The molecule has 1 aromatic rings. The number of fused-ring (bicyclic) bond motifs is 1. The third-order valence-electron chi connectivity index (χ3n) is 2.12. The van der Waals surface area contributed by atoms with E-state index in [0.717, 1.165) is 18.6 Å². The van der Waals surface area contributed by atoms with Gasteiger partial charge in [0, 0.05) is 6.42 Å². The summed E-state index contributed by atoms with van der Waals surface area (Å²) in [6, 6.07) is 8.22. The lowest BCUT2D eigenvalue weighted by molar-refractivity contribution is -0.286. The van der Waals surface area contributed by atoms with Crippen molar-refractivity contribution >= 4 is 13.2 Å². The molecule has 0 fully saturated rings. The Hall–Kier alpha value is -1.53. The maximum absolute atomic E-state index is 9.75. The van der Waals surface area contributed by atoms with Crippen molar-refractivity contribution in [2.24, 2.45) is 0 Å². The standard InChI is InChI=1S/C11H13O2.BF4/c1-2-12-11-10-6-4-3-5-9(10)7-8-13-11;2-1(3,4)5/h3-6H,2,7-8H2,1H3;/q+1;-1. The normalized spacial score (nSPS) is 13.9. The van der Waals surface area contributed by atoms with E-state index in [0.29, 0.717) is 12.6 Å². The molecular weight excluding hydrogens is 251 g/mol. The van der Waals surface area contributed by atoms with Crippen LogP contribution in [0.3, 0.4) is 0 Å². The van der Waals surface area contributed by atoms with Crippen LogP contribution in [-0.4, -0.2) is 26.4 Å². The van der Waals surface area contributed by atoms with Crippen molar-refractivity contribution < 1.29 is 26.4 Å². The second-order valence-corrected chi connectivity index (χ2v) is 3.47. The molecule has 1 aliphatic heterocycles. The van der Waals surface area contributed by atoms with Crippen LogP contribution in [0.15, 0.2) is 24.3 Å². The molecule has 0 spiro atoms. The molecule has 0 bridgehead atoms. The van der Waals surface area contributed by atoms with E-state index in [1.807, 2.05) is 25.1 Å². The van der Waals surface area contributed by atoms with E-state index >= 15 is 0 Å². The lowest BCUT2D eigenvalue weighted by atomic mass is 10.0. The minimum atomic E-state index is -6.00. The maximum atomic E-state index is 9.75. The fourth-order valence-electron chi connectivity index (χ4n) is 1.52. The molecule has 18 heavy (non-hydrogen) atoms. The number of halogens is 4. The summed E-state index contributed by atoms with van der Waals surface area (Å²) in [6.45, 7) is 3.35. The van der Waals surface area contributed by atoms with Gasteiger partial charge in [-0.1, -0.05) is 18.2 Å². The van der Waals surface area contributed by atoms with Gasteiger partial charge < -0.3 is 26.4 Å². The summed E-state index contributed by atoms with van der Waals surface area (Å²) in [5.74, 6) is 0.685. The second-order valence-electron chi connectivity index (χ2n) is 3.47. The van der Waals surface area contributed by atoms with Crippen LogP contribution in [0.4, 0.5) is 17.3 Å². The van der Waals surface area contributed by atoms with Crippen LogP contribution in [0.2, 0.25) is 0 Å². The molecule has 1 aromatic carbocycles. The van der Waals surface area contributed by atoms with E-state index in [2.05, 4.69) is 6.07 Å². The molecule has 1 heterocycles. The minimum absolute atomic E-state index is 0.656. The molecule has 100 valence electrons. The first-order chi connectivity index (χ1) is 8.42. The van der Waals surface area contributed by atoms with Gasteiger partial charge in [-0.15, -0.1) is 0 Å². The van der Waals surface area contributed by atoms with Gasteiger partial charge in [0.25, 0.3) is 0 Å². The fraction of sp³-hybridized carbons (Fsp3) is 0.364. The maximum Gasteiger partial charge on any atom is 0.673 e. The van der Waals surface area contributed by atoms with Gasteiger partial charge in [-0.05, 0) is 18.6 Å². The van der Waals surface area contributed by atoms with Gasteiger partial charge in [-0.2, -0.15) is 0 Å². The first-order valence-electron chi connectivity index (χ1n) is 5.50. The summed E-state index contributed by atoms with van der Waals surface area (Å²) in [4.78, 5) is 0. The van der Waals surface area contributed by atoms with Crippen LogP contribution in [0, 0.1) is 0 Å². The van der Waals surface area contributed by atoms with Gasteiger partial charge in [-0.3, -0.25) is 0 Å². The van der Waals surface area contributed by atoms with Crippen molar-refractivity contribution in [3.8, 4) is 0 Å². The summed E-state index contributed by atoms with van der Waals surface area (Å²) < 4.78 is 49.8. The van der Waals surface area contributed by atoms with E-state index in [4.69, 9.17) is 9.16 Å². The highest BCUT2D eigenvalue weighted by atomic mass is 19.5. The zero-order valence-corrected chi connectivity index (χ0v) is 9.84. The molecule has 0 radical (unpaired) electrons. The first-order valence-corrected chi connectivity index (χ1v) is 5.50. The number of hydrogen-bond donors (Lipinski definition) is 0. The molecule has 2 rings (SSSR count). The highest BCUT2D eigenvalue weighted by molar-refractivity contribution is 6.50. The molecule has 7 heteroatoms. The molecule has 0 saturated heterocycles. The van der Waals surface area contributed by atoms with Crippen LogP contribution in [0.1, 0.15) is 22.5 Å². The van der Waals surface area contributed by atoms with Gasteiger partial charge in [-0.25, -0.2) is 0 Å². The van der Waals surface area contributed by atoms with Crippen LogP contribution in [-0.2, 0) is 11.2 Å². The van der Waals surface area contributed by atoms with Crippen molar-refractivity contribution in [3.63, 3.8) is 0 Å². The summed E-state index contributed by atoms with van der Waals surface area (Å²) in [6.07, 6.45) is 0.979. The Balaban J connectivity index is 0.000000280. The molecule has 0 aromatic heterocycles. The summed E-state index contributed by atoms with van der Waals surface area (Å²) in [5, 5.41) is 0. The number of ether oxygens (including phenoxy) is 1. The van der Waals surface area contributed by atoms with Gasteiger partial charge in [0.05, 0.1) is 0 Å². The van der Waals surface area contributed by atoms with Crippen LogP contribution >= 0.6 is 0 Å². The highest BCUT2D eigenvalue weighted by Gasteiger charge is 2.24. The Bertz CT molecular complexity index is 412. The van der Waals surface area contributed by atoms with E-state index in [1.165, 1.54) is 5.56 Å². The lowest BCUT2D eigenvalue weighted by Crippen LogP contribution is -2.16. The van der Waals surface area contributed by atoms with E-state index in [9.17, 15) is 17.3 Å². The Labute approximate surface area is 102 Å². The van der Waals surface area contributed by atoms with E-state index in [-0.39, 0.29) is 0 Å². The number of carbonyl (C=O) groups excluding carboxylic acids is 1. The van der Waals surface area contributed by atoms with Crippen LogP contribution in [0.25, 0.3) is 0 Å². The molecule has 0 N–H and O–H groups in total. The quantitative estimate of drug-likeness (QED) is 0.330. The first kappa shape index (κ1) is 14.5. The van der Waals surface area contributed by atoms with E-state index in [1.54, 1.807) is 0 Å². The molecule has 0 atom stereocenters. The summed E-state index contributed by atoms with van der Waals surface area (Å²) in [7, 11) is -6.00. The van der Waals surface area contributed by atoms with Crippen molar-refractivity contribution in [1.29, 1.82) is 0 Å². The number of benzene rings is 1. The summed E-state index contributed by atoms with van der Waals surface area (Å²) in [5.41, 5.74) is 2.42. The highest BCUT2D eigenvalue weighted by Crippen LogP contribution is 2.15. The largest absolute Gasteiger partial charge is 0.673 e. The van der Waals surface area contributed by atoms with Crippen LogP contribution in [0.5, 0.6) is 0 Å². The third-order valence-corrected chi connectivity index (χ3v) is 2.12. The van der Waals surface area contributed by atoms with Crippen molar-refractivity contribution in [3.05, 3.63) is 35.4 Å². The average molecular weight is 264 g/mol. The van der Waals surface area contributed by atoms with Crippen molar-refractivity contribution in [2.45, 2.75) is 13.3 Å². The summed E-state index contributed by atoms with van der Waals surface area (Å²) >= 11 is 0. The Kier molecular flexibility index (Phi) is 5.18. The van der Waals surface area contributed by atoms with Gasteiger partial charge in [0.1, 0.15) is 5.56 Å². The molecule has 0 aliphatic carbocycles. The van der Waals surface area contributed by atoms with E-state index < -0.39 is 7.25 Å². The number of hydrogen-bond acceptors (Lipinski definition) is 1. The van der Waals surface area contributed by atoms with Gasteiger partial charge in [0.2, 0.25) is 0 Å². The van der Waals surface area contributed by atoms with Gasteiger partial charge in [0.15, 0.2) is 13.2 Å². The minimum Gasteiger partial charge on any atom is -0.418 e. The monoisotopic (exact) mass is 264 g/mol. The van der Waals surface area contributed by atoms with Gasteiger partial charge >= 0.3 is 13.2 Å². The molecule has 0 unspecified atom stereocenters. The third kappa shape index (κ3) is 5.20. The lowest BCUT2D eigenvalue weighted by Gasteiger charge is -2.06. The predicted octanol–water partition coefficient (Wildman–Crippen LogP) is 3.26. The average Bonchev–Trinajstić information content (AvgIpc) is 2.28. The molecule has 1 aliphatic rings. The zero-order valence-electron chi connectivity index (χ0n) is 9.84. The van der Waals surface area contributed by atoms with Crippen molar-refractivity contribution in [2.75, 3.05) is 13.2 Å². The second kappa shape index (κ2) is 6.42. The Morgan fingerprint density at radius 3 is 2.44 bits per heavy atom. The SMILES string of the molecule is CCOC1=[O+]CCc2ccccc21.F[B-](F)(F)F. The number of rotatable bonds is 1. The molecular formula is C11H13BF4O2.